The molecule has 1 amide bonds. The van der Waals surface area contributed by atoms with Gasteiger partial charge in [0.25, 0.3) is 0 Å². The maximum atomic E-state index is 13.0. The first kappa shape index (κ1) is 66.9. The fourth-order valence-electron chi connectivity index (χ4n) is 10.2. The summed E-state index contributed by atoms with van der Waals surface area (Å²) in [5.74, 6) is -0.171. The highest BCUT2D eigenvalue weighted by Gasteiger charge is 2.44. The lowest BCUT2D eigenvalue weighted by Crippen LogP contribution is -2.60. The minimum absolute atomic E-state index is 0.171. The van der Waals surface area contributed by atoms with Gasteiger partial charge >= 0.3 is 0 Å². The summed E-state index contributed by atoms with van der Waals surface area (Å²) in [6.45, 7) is 3.82. The predicted molar refractivity (Wildman–Crippen MR) is 295 cm³/mol. The van der Waals surface area contributed by atoms with Gasteiger partial charge in [-0.15, -0.1) is 0 Å². The summed E-state index contributed by atoms with van der Waals surface area (Å²) < 4.78 is 11.3. The summed E-state index contributed by atoms with van der Waals surface area (Å²) in [5, 5.41) is 54.5. The first-order valence-electron chi connectivity index (χ1n) is 30.9. The van der Waals surface area contributed by atoms with E-state index in [0.717, 1.165) is 38.5 Å². The van der Waals surface area contributed by atoms with Crippen LogP contribution >= 0.6 is 0 Å². The summed E-state index contributed by atoms with van der Waals surface area (Å²) in [7, 11) is 0. The number of aliphatic hydroxyl groups is 5. The molecular formula is C61H119NO8. The van der Waals surface area contributed by atoms with Crippen molar-refractivity contribution in [2.45, 2.75) is 358 Å². The Balaban J connectivity index is 2.11. The first-order chi connectivity index (χ1) is 34.3. The highest BCUT2D eigenvalue weighted by Crippen LogP contribution is 2.23. The van der Waals surface area contributed by atoms with Crippen molar-refractivity contribution >= 4 is 5.91 Å². The summed E-state index contributed by atoms with van der Waals surface area (Å²) >= 11 is 0. The van der Waals surface area contributed by atoms with E-state index in [0.29, 0.717) is 6.42 Å². The zero-order chi connectivity index (χ0) is 50.8. The van der Waals surface area contributed by atoms with Crippen LogP contribution in [0.15, 0.2) is 12.2 Å². The molecule has 9 nitrogen and oxygen atoms in total. The standard InChI is InChI=1S/C61H119NO8/c1-3-5-7-9-11-13-15-17-19-20-21-22-23-24-25-26-27-28-29-30-31-32-33-34-35-36-37-38-40-42-44-46-48-50-55(64)54(53-69-61-60(68)59(67)58(66)56(52-63)70-61)62-57(65)51-49-47-45-43-41-39-18-16-14-12-10-8-6-4-2/h48,50,54-56,58-61,63-64,66-68H,3-47,49,51-53H2,1-2H3,(H,62,65)/b50-48+. The number of nitrogens with one attached hydrogen (secondary N) is 1. The average Bonchev–Trinajstić information content (AvgIpc) is 3.36. The number of ether oxygens (including phenoxy) is 2. The summed E-state index contributed by atoms with van der Waals surface area (Å²) in [6, 6.07) is -0.800. The van der Waals surface area contributed by atoms with Crippen LogP contribution in [0, 0.1) is 0 Å². The van der Waals surface area contributed by atoms with Crippen molar-refractivity contribution in [2.24, 2.45) is 0 Å². The minimum atomic E-state index is -1.56. The number of carbonyl (C=O) groups is 1. The van der Waals surface area contributed by atoms with E-state index >= 15 is 0 Å². The lowest BCUT2D eigenvalue weighted by Gasteiger charge is -2.40. The topological polar surface area (TPSA) is 149 Å². The van der Waals surface area contributed by atoms with Crippen molar-refractivity contribution in [3.8, 4) is 0 Å². The molecule has 6 N–H and O–H groups in total. The molecule has 0 aliphatic carbocycles. The Morgan fingerprint density at radius 3 is 1.11 bits per heavy atom. The van der Waals surface area contributed by atoms with Crippen LogP contribution in [0.4, 0.5) is 0 Å². The molecule has 0 aromatic heterocycles. The molecule has 70 heavy (non-hydrogen) atoms. The lowest BCUT2D eigenvalue weighted by molar-refractivity contribution is -0.302. The summed E-state index contributed by atoms with van der Waals surface area (Å²) in [5.41, 5.74) is 0. The van der Waals surface area contributed by atoms with Crippen molar-refractivity contribution < 1.29 is 39.8 Å². The van der Waals surface area contributed by atoms with Gasteiger partial charge in [0, 0.05) is 6.42 Å². The predicted octanol–water partition coefficient (Wildman–Crippen LogP) is 15.6. The Labute approximate surface area is 433 Å². The largest absolute Gasteiger partial charge is 0.394 e. The fraction of sp³-hybridized carbons (Fsp3) is 0.951. The van der Waals surface area contributed by atoms with E-state index in [1.807, 2.05) is 6.08 Å². The third-order valence-corrected chi connectivity index (χ3v) is 15.1. The van der Waals surface area contributed by atoms with Gasteiger partial charge in [-0.1, -0.05) is 302 Å². The second kappa shape index (κ2) is 51.4. The molecule has 1 saturated heterocycles. The van der Waals surface area contributed by atoms with E-state index < -0.39 is 49.5 Å². The maximum absolute atomic E-state index is 13.0. The van der Waals surface area contributed by atoms with E-state index in [1.54, 1.807) is 6.08 Å². The van der Waals surface area contributed by atoms with Gasteiger partial charge in [0.1, 0.15) is 24.4 Å². The highest BCUT2D eigenvalue weighted by molar-refractivity contribution is 5.76. The number of hydrogen-bond donors (Lipinski definition) is 6. The molecule has 416 valence electrons. The molecule has 1 fully saturated rings. The normalized spacial score (nSPS) is 19.3. The van der Waals surface area contributed by atoms with Crippen LogP contribution in [0.25, 0.3) is 0 Å². The molecular weight excluding hydrogens is 875 g/mol. The van der Waals surface area contributed by atoms with E-state index in [-0.39, 0.29) is 12.5 Å². The molecule has 0 saturated carbocycles. The van der Waals surface area contributed by atoms with Gasteiger partial charge in [-0.2, -0.15) is 0 Å². The molecule has 0 bridgehead atoms. The third kappa shape index (κ3) is 40.3. The number of amides is 1. The van der Waals surface area contributed by atoms with Gasteiger partial charge in [-0.05, 0) is 19.3 Å². The van der Waals surface area contributed by atoms with E-state index in [9.17, 15) is 30.3 Å². The molecule has 1 aliphatic rings. The Kier molecular flexibility index (Phi) is 49.2. The third-order valence-electron chi connectivity index (χ3n) is 15.1. The SMILES string of the molecule is CCCCCCCCCCCCCCCCCCCCCCCCCCCCCCCCC/C=C/C(O)C(COC1OC(CO)C(O)C(O)C1O)NC(=O)CCCCCCCCCCCCCCCC. The van der Waals surface area contributed by atoms with Crippen LogP contribution in [0.3, 0.4) is 0 Å². The van der Waals surface area contributed by atoms with Gasteiger partial charge < -0.3 is 40.3 Å². The Morgan fingerprint density at radius 2 is 0.786 bits per heavy atom. The quantitative estimate of drug-likeness (QED) is 0.0261. The first-order valence-corrected chi connectivity index (χ1v) is 30.9. The van der Waals surface area contributed by atoms with Gasteiger partial charge in [0.2, 0.25) is 5.91 Å². The number of carbonyl (C=O) groups excluding carboxylic acids is 1. The van der Waals surface area contributed by atoms with E-state index in [4.69, 9.17) is 9.47 Å². The van der Waals surface area contributed by atoms with Crippen LogP contribution in [-0.4, -0.2) is 87.5 Å². The van der Waals surface area contributed by atoms with E-state index in [1.165, 1.54) is 257 Å². The fourth-order valence-corrected chi connectivity index (χ4v) is 10.2. The Hall–Kier alpha value is -1.07. The van der Waals surface area contributed by atoms with Crippen molar-refractivity contribution in [3.63, 3.8) is 0 Å². The summed E-state index contributed by atoms with van der Waals surface area (Å²) in [6.07, 6.45) is 57.4. The molecule has 7 atom stereocenters. The second-order valence-electron chi connectivity index (χ2n) is 21.9. The zero-order valence-electron chi connectivity index (χ0n) is 46.3. The van der Waals surface area contributed by atoms with Crippen LogP contribution in [0.1, 0.15) is 316 Å². The number of aliphatic hydroxyl groups excluding tert-OH is 5. The highest BCUT2D eigenvalue weighted by atomic mass is 16.7. The Morgan fingerprint density at radius 1 is 0.471 bits per heavy atom. The molecule has 0 spiro atoms. The van der Waals surface area contributed by atoms with Gasteiger partial charge in [0.05, 0.1) is 25.4 Å². The average molecular weight is 995 g/mol. The molecule has 0 aromatic carbocycles. The lowest BCUT2D eigenvalue weighted by atomic mass is 9.99. The number of hydrogen-bond acceptors (Lipinski definition) is 8. The summed E-state index contributed by atoms with van der Waals surface area (Å²) in [4.78, 5) is 13.0. The molecule has 1 heterocycles. The number of unbranched alkanes of at least 4 members (excludes halogenated alkanes) is 44. The van der Waals surface area contributed by atoms with Crippen LogP contribution in [0.5, 0.6) is 0 Å². The number of rotatable bonds is 54. The Bertz CT molecular complexity index is 1110. The molecule has 0 aromatic rings. The molecule has 1 rings (SSSR count). The number of allylic oxidation sites excluding steroid dienone is 1. The van der Waals surface area contributed by atoms with Crippen LogP contribution in [-0.2, 0) is 14.3 Å². The van der Waals surface area contributed by atoms with Gasteiger partial charge in [-0.3, -0.25) is 4.79 Å². The molecule has 1 aliphatic heterocycles. The maximum Gasteiger partial charge on any atom is 0.220 e. The van der Waals surface area contributed by atoms with Crippen LogP contribution in [0.2, 0.25) is 0 Å². The minimum Gasteiger partial charge on any atom is -0.394 e. The van der Waals surface area contributed by atoms with Crippen molar-refractivity contribution in [3.05, 3.63) is 12.2 Å². The van der Waals surface area contributed by atoms with Crippen molar-refractivity contribution in [1.82, 2.24) is 5.32 Å². The molecule has 0 radical (unpaired) electrons. The van der Waals surface area contributed by atoms with Crippen molar-refractivity contribution in [2.75, 3.05) is 13.2 Å². The molecule has 9 heteroatoms. The second-order valence-corrected chi connectivity index (χ2v) is 21.9. The zero-order valence-corrected chi connectivity index (χ0v) is 46.3. The molecule has 7 unspecified atom stereocenters. The smallest absolute Gasteiger partial charge is 0.220 e. The van der Waals surface area contributed by atoms with Gasteiger partial charge in [-0.25, -0.2) is 0 Å². The van der Waals surface area contributed by atoms with Gasteiger partial charge in [0.15, 0.2) is 6.29 Å². The van der Waals surface area contributed by atoms with E-state index in [2.05, 4.69) is 19.2 Å². The van der Waals surface area contributed by atoms with Crippen molar-refractivity contribution in [1.29, 1.82) is 0 Å². The monoisotopic (exact) mass is 994 g/mol. The van der Waals surface area contributed by atoms with Crippen LogP contribution < -0.4 is 5.32 Å².